The summed E-state index contributed by atoms with van der Waals surface area (Å²) in [5, 5.41) is 0. The van der Waals surface area contributed by atoms with Crippen molar-refractivity contribution in [3.8, 4) is 22.6 Å². The summed E-state index contributed by atoms with van der Waals surface area (Å²) >= 11 is 4.64. The Bertz CT molecular complexity index is 933. The van der Waals surface area contributed by atoms with Crippen LogP contribution in [0.1, 0.15) is 29.5 Å². The average Bonchev–Trinajstić information content (AvgIpc) is 2.69. The van der Waals surface area contributed by atoms with Crippen molar-refractivity contribution in [3.63, 3.8) is 0 Å². The van der Waals surface area contributed by atoms with Gasteiger partial charge in [-0.3, -0.25) is 0 Å². The van der Waals surface area contributed by atoms with E-state index in [-0.39, 0.29) is 0 Å². The number of ether oxygens (including phenoxy) is 2. The smallest absolute Gasteiger partial charge is 0.161 e. The monoisotopic (exact) mass is 378 g/mol. The van der Waals surface area contributed by atoms with Crippen molar-refractivity contribution in [2.24, 2.45) is 0 Å². The van der Waals surface area contributed by atoms with E-state index >= 15 is 0 Å². The second-order valence-electron chi connectivity index (χ2n) is 6.83. The Hall–Kier alpha value is -2.39. The molecule has 27 heavy (non-hydrogen) atoms. The normalized spacial score (nSPS) is 11.9. The van der Waals surface area contributed by atoms with Crippen LogP contribution in [-0.2, 0) is 6.42 Å². The van der Waals surface area contributed by atoms with Crippen LogP contribution in [0.5, 0.6) is 11.5 Å². The molecule has 0 saturated heterocycles. The standard InChI is InChI=1S/C24H26O2S/c1-16-8-7-10-20(18-12-13-22(25-3)23(15-18)26-4)21(16)14-17(2)19-9-5-6-11-24(19)27/h5-13,15,17,27H,14H2,1-4H3. The molecule has 0 fully saturated rings. The first-order valence-corrected chi connectivity index (χ1v) is 9.58. The first kappa shape index (κ1) is 19.4. The molecule has 0 amide bonds. The largest absolute Gasteiger partial charge is 0.493 e. The zero-order chi connectivity index (χ0) is 19.4. The minimum atomic E-state index is 0.374. The molecule has 0 aliphatic carbocycles. The first-order valence-electron chi connectivity index (χ1n) is 9.14. The molecule has 140 valence electrons. The fraction of sp³-hybridized carbons (Fsp3) is 0.250. The number of methoxy groups -OCH3 is 2. The first-order chi connectivity index (χ1) is 13.0. The van der Waals surface area contributed by atoms with Crippen molar-refractivity contribution in [2.75, 3.05) is 14.2 Å². The van der Waals surface area contributed by atoms with E-state index in [0.29, 0.717) is 5.92 Å². The zero-order valence-corrected chi connectivity index (χ0v) is 17.2. The highest BCUT2D eigenvalue weighted by Gasteiger charge is 2.16. The lowest BCUT2D eigenvalue weighted by atomic mass is 9.87. The van der Waals surface area contributed by atoms with E-state index in [2.05, 4.69) is 68.9 Å². The molecule has 2 nitrogen and oxygen atoms in total. The van der Waals surface area contributed by atoms with Crippen molar-refractivity contribution in [3.05, 3.63) is 77.4 Å². The molecule has 0 N–H and O–H groups in total. The van der Waals surface area contributed by atoms with Gasteiger partial charge in [0.05, 0.1) is 14.2 Å². The predicted octanol–water partition coefficient (Wildman–Crippen LogP) is 6.31. The van der Waals surface area contributed by atoms with Crippen LogP contribution >= 0.6 is 12.6 Å². The molecule has 0 bridgehead atoms. The van der Waals surface area contributed by atoms with Crippen LogP contribution in [0.15, 0.2) is 65.6 Å². The molecular formula is C24H26O2S. The van der Waals surface area contributed by atoms with Gasteiger partial charge in [0.15, 0.2) is 11.5 Å². The summed E-state index contributed by atoms with van der Waals surface area (Å²) in [6, 6.07) is 20.9. The van der Waals surface area contributed by atoms with Crippen LogP contribution in [0.3, 0.4) is 0 Å². The number of benzene rings is 3. The molecular weight excluding hydrogens is 352 g/mol. The van der Waals surface area contributed by atoms with E-state index in [0.717, 1.165) is 28.4 Å². The third-order valence-corrected chi connectivity index (χ3v) is 5.49. The molecule has 3 aromatic carbocycles. The molecule has 0 saturated carbocycles. The Kier molecular flexibility index (Phi) is 6.12. The minimum Gasteiger partial charge on any atom is -0.493 e. The summed E-state index contributed by atoms with van der Waals surface area (Å²) in [5.41, 5.74) is 6.30. The Morgan fingerprint density at radius 1 is 0.889 bits per heavy atom. The van der Waals surface area contributed by atoms with Gasteiger partial charge < -0.3 is 9.47 Å². The van der Waals surface area contributed by atoms with Crippen molar-refractivity contribution >= 4 is 12.6 Å². The van der Waals surface area contributed by atoms with Gasteiger partial charge in [-0.2, -0.15) is 0 Å². The third kappa shape index (κ3) is 4.14. The van der Waals surface area contributed by atoms with Gasteiger partial charge in [-0.15, -0.1) is 12.6 Å². The maximum Gasteiger partial charge on any atom is 0.161 e. The lowest BCUT2D eigenvalue weighted by Crippen LogP contribution is -2.03. The summed E-state index contributed by atoms with van der Waals surface area (Å²) in [5.74, 6) is 1.86. The number of hydrogen-bond acceptors (Lipinski definition) is 3. The molecule has 0 spiro atoms. The fourth-order valence-electron chi connectivity index (χ4n) is 3.57. The predicted molar refractivity (Wildman–Crippen MR) is 116 cm³/mol. The van der Waals surface area contributed by atoms with Crippen molar-refractivity contribution in [1.29, 1.82) is 0 Å². The van der Waals surface area contributed by atoms with Crippen molar-refractivity contribution in [2.45, 2.75) is 31.1 Å². The summed E-state index contributed by atoms with van der Waals surface area (Å²) in [6.07, 6.45) is 0.952. The van der Waals surface area contributed by atoms with E-state index in [9.17, 15) is 0 Å². The summed E-state index contributed by atoms with van der Waals surface area (Å²) in [6.45, 7) is 4.44. The van der Waals surface area contributed by atoms with Gasteiger partial charge >= 0.3 is 0 Å². The topological polar surface area (TPSA) is 18.5 Å². The summed E-state index contributed by atoms with van der Waals surface area (Å²) in [7, 11) is 3.33. The van der Waals surface area contributed by atoms with Crippen LogP contribution in [-0.4, -0.2) is 14.2 Å². The van der Waals surface area contributed by atoms with Gasteiger partial charge in [-0.05, 0) is 65.3 Å². The minimum absolute atomic E-state index is 0.374. The Morgan fingerprint density at radius 2 is 1.63 bits per heavy atom. The van der Waals surface area contributed by atoms with Gasteiger partial charge in [-0.1, -0.05) is 49.4 Å². The van der Waals surface area contributed by atoms with Gasteiger partial charge in [0.25, 0.3) is 0 Å². The molecule has 1 unspecified atom stereocenters. The quantitative estimate of drug-likeness (QED) is 0.506. The SMILES string of the molecule is COc1ccc(-c2cccc(C)c2CC(C)c2ccccc2S)cc1OC. The number of aryl methyl sites for hydroxylation is 1. The second kappa shape index (κ2) is 8.53. The van der Waals surface area contributed by atoms with E-state index in [4.69, 9.17) is 9.47 Å². The highest BCUT2D eigenvalue weighted by Crippen LogP contribution is 2.36. The zero-order valence-electron chi connectivity index (χ0n) is 16.3. The number of hydrogen-bond donors (Lipinski definition) is 1. The highest BCUT2D eigenvalue weighted by molar-refractivity contribution is 7.80. The Balaban J connectivity index is 2.02. The lowest BCUT2D eigenvalue weighted by Gasteiger charge is -2.19. The summed E-state index contributed by atoms with van der Waals surface area (Å²) in [4.78, 5) is 1.05. The van der Waals surface area contributed by atoms with Gasteiger partial charge in [0.1, 0.15) is 0 Å². The van der Waals surface area contributed by atoms with Gasteiger partial charge in [0, 0.05) is 4.90 Å². The maximum absolute atomic E-state index is 5.50. The fourth-order valence-corrected chi connectivity index (χ4v) is 3.95. The molecule has 0 radical (unpaired) electrons. The van der Waals surface area contributed by atoms with E-state index in [1.165, 1.54) is 22.3 Å². The molecule has 0 aromatic heterocycles. The van der Waals surface area contributed by atoms with Gasteiger partial charge in [-0.25, -0.2) is 0 Å². The molecule has 0 aliphatic heterocycles. The van der Waals surface area contributed by atoms with Gasteiger partial charge in [0.2, 0.25) is 0 Å². The van der Waals surface area contributed by atoms with Crippen LogP contribution < -0.4 is 9.47 Å². The van der Waals surface area contributed by atoms with Crippen LogP contribution in [0.2, 0.25) is 0 Å². The highest BCUT2D eigenvalue weighted by atomic mass is 32.1. The third-order valence-electron chi connectivity index (χ3n) is 5.08. The molecule has 3 heteroatoms. The molecule has 3 aromatic rings. The van der Waals surface area contributed by atoms with E-state index in [1.54, 1.807) is 14.2 Å². The molecule has 0 heterocycles. The number of rotatable bonds is 6. The van der Waals surface area contributed by atoms with Crippen LogP contribution in [0.25, 0.3) is 11.1 Å². The lowest BCUT2D eigenvalue weighted by molar-refractivity contribution is 0.355. The average molecular weight is 379 g/mol. The second-order valence-corrected chi connectivity index (χ2v) is 7.32. The maximum atomic E-state index is 5.50. The Morgan fingerprint density at radius 3 is 2.33 bits per heavy atom. The van der Waals surface area contributed by atoms with Crippen molar-refractivity contribution < 1.29 is 9.47 Å². The van der Waals surface area contributed by atoms with Crippen molar-refractivity contribution in [1.82, 2.24) is 0 Å². The van der Waals surface area contributed by atoms with E-state index < -0.39 is 0 Å². The van der Waals surface area contributed by atoms with Crippen LogP contribution in [0, 0.1) is 6.92 Å². The molecule has 0 aliphatic rings. The van der Waals surface area contributed by atoms with Crippen LogP contribution in [0.4, 0.5) is 0 Å². The van der Waals surface area contributed by atoms with E-state index in [1.807, 2.05) is 18.2 Å². The summed E-state index contributed by atoms with van der Waals surface area (Å²) < 4.78 is 10.9. The molecule has 3 rings (SSSR count). The number of thiol groups is 1. The molecule has 1 atom stereocenters. The Labute approximate surface area is 167 Å².